The van der Waals surface area contributed by atoms with Crippen molar-refractivity contribution < 1.29 is 9.53 Å². The Morgan fingerprint density at radius 3 is 2.41 bits per heavy atom. The number of aromatic nitrogens is 2. The van der Waals surface area contributed by atoms with E-state index < -0.39 is 0 Å². The minimum Gasteiger partial charge on any atom is -0.381 e. The molecule has 174 valence electrons. The number of ether oxygens (including phenoxy) is 1. The van der Waals surface area contributed by atoms with Gasteiger partial charge in [-0.3, -0.25) is 9.59 Å². The van der Waals surface area contributed by atoms with Gasteiger partial charge in [-0.2, -0.15) is 0 Å². The third kappa shape index (κ3) is 3.81. The SMILES string of the molecule is O=C(C1[C@H]2CCCC[C@@H]12)N1CCc2nc(C3CCN(C4CCOCC4)CC3)[nH]c(=O)c2C1. The number of likely N-dealkylation sites (tertiary alicyclic amines) is 1. The number of carbonyl (C=O) groups excluding carboxylic acids is 1. The zero-order chi connectivity index (χ0) is 21.7. The van der Waals surface area contributed by atoms with Crippen LogP contribution in [0.3, 0.4) is 0 Å². The highest BCUT2D eigenvalue weighted by atomic mass is 16.5. The molecule has 32 heavy (non-hydrogen) atoms. The minimum atomic E-state index is -0.0254. The Bertz CT molecular complexity index is 904. The van der Waals surface area contributed by atoms with Gasteiger partial charge in [0, 0.05) is 44.1 Å². The summed E-state index contributed by atoms with van der Waals surface area (Å²) < 4.78 is 5.51. The summed E-state index contributed by atoms with van der Waals surface area (Å²) >= 11 is 0. The fourth-order valence-electron chi connectivity index (χ4n) is 6.98. The quantitative estimate of drug-likeness (QED) is 0.781. The molecule has 1 aromatic heterocycles. The molecule has 3 aliphatic heterocycles. The van der Waals surface area contributed by atoms with E-state index in [-0.39, 0.29) is 17.4 Å². The molecule has 0 spiro atoms. The number of hydrogen-bond donors (Lipinski definition) is 1. The average Bonchev–Trinajstić information content (AvgIpc) is 3.58. The van der Waals surface area contributed by atoms with Crippen molar-refractivity contribution in [1.82, 2.24) is 19.8 Å². The smallest absolute Gasteiger partial charge is 0.256 e. The Balaban J connectivity index is 1.10. The van der Waals surface area contributed by atoms with Crippen molar-refractivity contribution in [2.75, 3.05) is 32.8 Å². The first kappa shape index (κ1) is 20.8. The normalized spacial score (nSPS) is 31.8. The molecule has 1 N–H and O–H groups in total. The van der Waals surface area contributed by atoms with E-state index in [1.807, 2.05) is 4.90 Å². The van der Waals surface area contributed by atoms with Crippen LogP contribution in [0.1, 0.15) is 74.4 Å². The van der Waals surface area contributed by atoms with Crippen molar-refractivity contribution in [2.45, 2.75) is 76.3 Å². The number of H-pyrrole nitrogens is 1. The Kier molecular flexibility index (Phi) is 5.58. The van der Waals surface area contributed by atoms with Gasteiger partial charge in [0.15, 0.2) is 0 Å². The van der Waals surface area contributed by atoms with Gasteiger partial charge >= 0.3 is 0 Å². The lowest BCUT2D eigenvalue weighted by atomic mass is 9.93. The van der Waals surface area contributed by atoms with Crippen molar-refractivity contribution in [3.8, 4) is 0 Å². The molecule has 2 aliphatic carbocycles. The second-order valence-electron chi connectivity index (χ2n) is 10.7. The van der Waals surface area contributed by atoms with Gasteiger partial charge in [0.25, 0.3) is 5.56 Å². The number of nitrogens with zero attached hydrogens (tertiary/aromatic N) is 3. The Hall–Kier alpha value is -1.73. The fourth-order valence-corrected chi connectivity index (χ4v) is 6.98. The zero-order valence-electron chi connectivity index (χ0n) is 19.1. The second-order valence-corrected chi connectivity index (χ2v) is 10.7. The van der Waals surface area contributed by atoms with Gasteiger partial charge in [0.1, 0.15) is 5.82 Å². The molecule has 1 aromatic rings. The van der Waals surface area contributed by atoms with E-state index in [2.05, 4.69) is 9.88 Å². The third-order valence-electron chi connectivity index (χ3n) is 8.96. The number of fused-ring (bicyclic) bond motifs is 2. The molecule has 0 bridgehead atoms. The Labute approximate surface area is 189 Å². The van der Waals surface area contributed by atoms with Crippen LogP contribution in [0.4, 0.5) is 0 Å². The number of carbonyl (C=O) groups is 1. The standard InChI is InChI=1S/C25H36N4O3/c30-24-20-15-29(25(31)22-18-3-1-2-4-19(18)22)12-7-21(20)26-23(27-24)16-5-10-28(11-6-16)17-8-13-32-14-9-17/h16-19,22H,1-15H2,(H,26,27,30)/t18-,19+,22?. The molecule has 3 atom stereocenters. The summed E-state index contributed by atoms with van der Waals surface area (Å²) in [6.07, 6.45) is 10.0. The predicted octanol–water partition coefficient (Wildman–Crippen LogP) is 2.45. The molecule has 7 heteroatoms. The predicted molar refractivity (Wildman–Crippen MR) is 120 cm³/mol. The number of hydrogen-bond acceptors (Lipinski definition) is 5. The van der Waals surface area contributed by atoms with Gasteiger partial charge in [-0.1, -0.05) is 12.8 Å². The highest BCUT2D eigenvalue weighted by Crippen LogP contribution is 2.56. The molecule has 2 saturated heterocycles. The first-order chi connectivity index (χ1) is 15.7. The summed E-state index contributed by atoms with van der Waals surface area (Å²) in [6.45, 7) is 5.05. The highest BCUT2D eigenvalue weighted by Gasteiger charge is 2.56. The maximum atomic E-state index is 13.1. The monoisotopic (exact) mass is 440 g/mol. The van der Waals surface area contributed by atoms with Crippen molar-refractivity contribution in [2.24, 2.45) is 17.8 Å². The molecular formula is C25H36N4O3. The molecular weight excluding hydrogens is 404 g/mol. The summed E-state index contributed by atoms with van der Waals surface area (Å²) in [5.41, 5.74) is 1.62. The van der Waals surface area contributed by atoms with E-state index in [1.54, 1.807) is 0 Å². The summed E-state index contributed by atoms with van der Waals surface area (Å²) in [5, 5.41) is 0. The van der Waals surface area contributed by atoms with Crippen LogP contribution in [0.2, 0.25) is 0 Å². The van der Waals surface area contributed by atoms with Crippen LogP contribution < -0.4 is 5.56 Å². The van der Waals surface area contributed by atoms with Crippen LogP contribution in [0, 0.1) is 17.8 Å². The zero-order valence-corrected chi connectivity index (χ0v) is 19.1. The van der Waals surface area contributed by atoms with Crippen LogP contribution in [-0.2, 0) is 22.5 Å². The average molecular weight is 441 g/mol. The topological polar surface area (TPSA) is 78.5 Å². The number of nitrogens with one attached hydrogen (secondary N) is 1. The summed E-state index contributed by atoms with van der Waals surface area (Å²) in [6, 6.07) is 0.652. The van der Waals surface area contributed by atoms with E-state index >= 15 is 0 Å². The number of piperidine rings is 1. The molecule has 1 unspecified atom stereocenters. The molecule has 4 heterocycles. The summed E-state index contributed by atoms with van der Waals surface area (Å²) in [7, 11) is 0. The molecule has 2 saturated carbocycles. The molecule has 7 nitrogen and oxygen atoms in total. The Morgan fingerprint density at radius 1 is 0.969 bits per heavy atom. The maximum Gasteiger partial charge on any atom is 0.256 e. The first-order valence-corrected chi connectivity index (χ1v) is 12.9. The van der Waals surface area contributed by atoms with Crippen molar-refractivity contribution in [1.29, 1.82) is 0 Å². The second kappa shape index (κ2) is 8.56. The summed E-state index contributed by atoms with van der Waals surface area (Å²) in [4.78, 5) is 38.7. The van der Waals surface area contributed by atoms with E-state index in [0.717, 1.165) is 69.1 Å². The molecule has 0 radical (unpaired) electrons. The first-order valence-electron chi connectivity index (χ1n) is 12.9. The number of rotatable bonds is 3. The van der Waals surface area contributed by atoms with Gasteiger partial charge in [-0.05, 0) is 63.5 Å². The molecule has 5 aliphatic rings. The van der Waals surface area contributed by atoms with E-state index in [0.29, 0.717) is 43.3 Å². The lowest BCUT2D eigenvalue weighted by molar-refractivity contribution is -0.134. The van der Waals surface area contributed by atoms with Crippen LogP contribution in [-0.4, -0.2) is 64.6 Å². The number of aromatic amines is 1. The van der Waals surface area contributed by atoms with E-state index in [9.17, 15) is 9.59 Å². The molecule has 4 fully saturated rings. The lowest BCUT2D eigenvalue weighted by Crippen LogP contribution is -2.44. The molecule has 0 aromatic carbocycles. The maximum absolute atomic E-state index is 13.1. The third-order valence-corrected chi connectivity index (χ3v) is 8.96. The molecule has 1 amide bonds. The van der Waals surface area contributed by atoms with E-state index in [1.165, 1.54) is 25.7 Å². The highest BCUT2D eigenvalue weighted by molar-refractivity contribution is 5.82. The van der Waals surface area contributed by atoms with Gasteiger partial charge in [0.2, 0.25) is 5.91 Å². The van der Waals surface area contributed by atoms with Crippen LogP contribution >= 0.6 is 0 Å². The fraction of sp³-hybridized carbons (Fsp3) is 0.800. The molecule has 6 rings (SSSR count). The van der Waals surface area contributed by atoms with Gasteiger partial charge in [-0.25, -0.2) is 4.98 Å². The Morgan fingerprint density at radius 2 is 1.69 bits per heavy atom. The lowest BCUT2D eigenvalue weighted by Gasteiger charge is -2.39. The van der Waals surface area contributed by atoms with Crippen LogP contribution in [0.5, 0.6) is 0 Å². The van der Waals surface area contributed by atoms with E-state index in [4.69, 9.17) is 9.72 Å². The van der Waals surface area contributed by atoms with Gasteiger partial charge < -0.3 is 19.5 Å². The van der Waals surface area contributed by atoms with Crippen molar-refractivity contribution >= 4 is 5.91 Å². The van der Waals surface area contributed by atoms with Crippen molar-refractivity contribution in [3.05, 3.63) is 27.4 Å². The summed E-state index contributed by atoms with van der Waals surface area (Å²) in [5.74, 6) is 2.95. The van der Waals surface area contributed by atoms with Crippen LogP contribution in [0.25, 0.3) is 0 Å². The van der Waals surface area contributed by atoms with Crippen molar-refractivity contribution in [3.63, 3.8) is 0 Å². The van der Waals surface area contributed by atoms with Gasteiger partial charge in [-0.15, -0.1) is 0 Å². The largest absolute Gasteiger partial charge is 0.381 e. The van der Waals surface area contributed by atoms with Crippen LogP contribution in [0.15, 0.2) is 4.79 Å². The minimum absolute atomic E-state index is 0.0254. The number of amides is 1. The van der Waals surface area contributed by atoms with Gasteiger partial charge in [0.05, 0.1) is 17.8 Å².